The molecule has 34 heavy (non-hydrogen) atoms. The van der Waals surface area contributed by atoms with Crippen LogP contribution in [0.1, 0.15) is 38.8 Å². The minimum Gasteiger partial charge on any atom is -0.344 e. The van der Waals surface area contributed by atoms with E-state index < -0.39 is 46.5 Å². The zero-order valence-corrected chi connectivity index (χ0v) is 19.2. The van der Waals surface area contributed by atoms with Crippen LogP contribution >= 0.6 is 0 Å². The Labute approximate surface area is 195 Å². The molecule has 0 unspecified atom stereocenters. The van der Waals surface area contributed by atoms with E-state index in [1.54, 1.807) is 20.8 Å². The normalized spacial score (nSPS) is 12.6. The van der Waals surface area contributed by atoms with Gasteiger partial charge in [-0.05, 0) is 49.2 Å². The molecule has 0 aliphatic carbocycles. The van der Waals surface area contributed by atoms with E-state index in [4.69, 9.17) is 0 Å². The number of benzene rings is 2. The minimum absolute atomic E-state index is 0.0127. The monoisotopic (exact) mass is 478 g/mol. The number of amides is 2. The van der Waals surface area contributed by atoms with Crippen LogP contribution in [0.3, 0.4) is 0 Å². The first kappa shape index (κ1) is 26.6. The van der Waals surface area contributed by atoms with Crippen LogP contribution in [0.2, 0.25) is 0 Å². The molecule has 6 nitrogen and oxygen atoms in total. The molecule has 2 aromatic rings. The van der Waals surface area contributed by atoms with Gasteiger partial charge in [-0.3, -0.25) is 15.0 Å². The number of hydrogen-bond acceptors (Lipinski definition) is 4. The van der Waals surface area contributed by atoms with Crippen molar-refractivity contribution in [3.63, 3.8) is 0 Å². The van der Waals surface area contributed by atoms with Gasteiger partial charge >= 0.3 is 0 Å². The first-order valence-corrected chi connectivity index (χ1v) is 10.3. The predicted octanol–water partition coefficient (Wildman–Crippen LogP) is 3.82. The lowest BCUT2D eigenvalue weighted by atomic mass is 9.80. The van der Waals surface area contributed by atoms with Crippen LogP contribution in [0.4, 0.5) is 17.6 Å². The first-order valence-electron chi connectivity index (χ1n) is 10.3. The molecule has 0 saturated carbocycles. The Morgan fingerprint density at radius 3 is 2.24 bits per heavy atom. The highest BCUT2D eigenvalue weighted by molar-refractivity contribution is 5.92. The second kappa shape index (κ2) is 11.0. The third-order valence-electron chi connectivity index (χ3n) is 5.24. The van der Waals surface area contributed by atoms with Gasteiger partial charge in [-0.1, -0.05) is 26.5 Å². The van der Waals surface area contributed by atoms with Gasteiger partial charge in [0.25, 0.3) is 0 Å². The Bertz CT molecular complexity index is 1110. The Morgan fingerprint density at radius 2 is 1.65 bits per heavy atom. The van der Waals surface area contributed by atoms with Crippen molar-refractivity contribution < 1.29 is 27.2 Å². The van der Waals surface area contributed by atoms with Crippen LogP contribution < -0.4 is 16.1 Å². The highest BCUT2D eigenvalue weighted by Crippen LogP contribution is 2.26. The van der Waals surface area contributed by atoms with Crippen molar-refractivity contribution in [2.75, 3.05) is 0 Å². The molecule has 182 valence electrons. The van der Waals surface area contributed by atoms with Gasteiger partial charge in [0.2, 0.25) is 11.8 Å². The van der Waals surface area contributed by atoms with E-state index in [-0.39, 0.29) is 17.8 Å². The van der Waals surface area contributed by atoms with E-state index in [0.717, 1.165) is 24.3 Å². The number of carbonyl (C=O) groups is 2. The summed E-state index contributed by atoms with van der Waals surface area (Å²) in [6, 6.07) is 5.35. The summed E-state index contributed by atoms with van der Waals surface area (Å²) in [4.78, 5) is 24.4. The van der Waals surface area contributed by atoms with Gasteiger partial charge in [0.1, 0.15) is 23.5 Å². The van der Waals surface area contributed by atoms with E-state index in [1.807, 2.05) is 0 Å². The summed E-state index contributed by atoms with van der Waals surface area (Å²) in [7, 11) is 0. The van der Waals surface area contributed by atoms with Gasteiger partial charge in [-0.2, -0.15) is 5.10 Å². The fourth-order valence-electron chi connectivity index (χ4n) is 2.93. The lowest BCUT2D eigenvalue weighted by Crippen LogP contribution is -2.46. The second-order valence-corrected chi connectivity index (χ2v) is 8.27. The molecule has 0 aliphatic rings. The number of hydrogen-bond donors (Lipinski definition) is 3. The average molecular weight is 478 g/mol. The van der Waals surface area contributed by atoms with Crippen LogP contribution in [0.5, 0.6) is 0 Å². The van der Waals surface area contributed by atoms with Crippen molar-refractivity contribution in [1.29, 1.82) is 0 Å². The summed E-state index contributed by atoms with van der Waals surface area (Å²) in [5, 5.41) is 9.01. The Balaban J connectivity index is 1.91. The smallest absolute Gasteiger partial charge is 0.247 e. The Hall–Kier alpha value is -3.69. The molecule has 3 N–H and O–H groups in total. The van der Waals surface area contributed by atoms with Crippen molar-refractivity contribution in [2.24, 2.45) is 5.10 Å². The number of rotatable bonds is 9. The molecule has 10 heteroatoms. The topological polar surface area (TPSA) is 82.6 Å². The Kier molecular flexibility index (Phi) is 8.56. The summed E-state index contributed by atoms with van der Waals surface area (Å²) < 4.78 is 53.3. The maximum Gasteiger partial charge on any atom is 0.247 e. The lowest BCUT2D eigenvalue weighted by molar-refractivity contribution is -0.127. The molecule has 0 fully saturated rings. The summed E-state index contributed by atoms with van der Waals surface area (Å²) in [6.45, 7) is 10.3. The molecule has 2 amide bonds. The van der Waals surface area contributed by atoms with Crippen molar-refractivity contribution in [2.45, 2.75) is 45.6 Å². The van der Waals surface area contributed by atoms with Crippen molar-refractivity contribution in [3.8, 4) is 0 Å². The first-order chi connectivity index (χ1) is 15.8. The largest absolute Gasteiger partial charge is 0.344 e. The maximum atomic E-state index is 13.6. The molecule has 0 heterocycles. The van der Waals surface area contributed by atoms with E-state index in [0.29, 0.717) is 17.3 Å². The minimum atomic E-state index is -0.979. The number of carbonyl (C=O) groups excluding carboxylic acids is 2. The fraction of sp³-hybridized carbons (Fsp3) is 0.292. The standard InChI is InChI=1S/C24H26F4N4O2/c1-13(29-22(33)10-16-8-18(25)12-19(26)9-16)23(34)30-15(3)32-31-14(2)24(4,5)17-6-7-20(27)21(28)11-17/h6-9,11-13,32H,3,10H2,1-2,4-5H3,(H,29,33)(H,30,34)/b31-14+/t13-/m0/s1. The summed E-state index contributed by atoms with van der Waals surface area (Å²) in [5.74, 6) is -4.73. The van der Waals surface area contributed by atoms with Gasteiger partial charge in [-0.25, -0.2) is 17.6 Å². The molecule has 2 aromatic carbocycles. The molecule has 2 rings (SSSR count). The zero-order chi connectivity index (χ0) is 25.6. The average Bonchev–Trinajstić information content (AvgIpc) is 2.72. The number of nitrogens with zero attached hydrogens (tertiary/aromatic N) is 1. The highest BCUT2D eigenvalue weighted by Gasteiger charge is 2.26. The van der Waals surface area contributed by atoms with Gasteiger partial charge in [0, 0.05) is 17.2 Å². The zero-order valence-electron chi connectivity index (χ0n) is 19.2. The van der Waals surface area contributed by atoms with Crippen LogP contribution in [-0.4, -0.2) is 23.6 Å². The predicted molar refractivity (Wildman–Crippen MR) is 121 cm³/mol. The summed E-state index contributed by atoms with van der Waals surface area (Å²) >= 11 is 0. The summed E-state index contributed by atoms with van der Waals surface area (Å²) in [5.41, 5.74) is 2.94. The Morgan fingerprint density at radius 1 is 1.03 bits per heavy atom. The van der Waals surface area contributed by atoms with E-state index in [1.165, 1.54) is 13.0 Å². The molecular formula is C24H26F4N4O2. The van der Waals surface area contributed by atoms with Gasteiger partial charge in [-0.15, -0.1) is 0 Å². The number of nitrogens with one attached hydrogen (secondary N) is 3. The van der Waals surface area contributed by atoms with Gasteiger partial charge in [0.05, 0.1) is 6.42 Å². The molecule has 0 saturated heterocycles. The van der Waals surface area contributed by atoms with Crippen LogP contribution in [0.25, 0.3) is 0 Å². The molecule has 0 radical (unpaired) electrons. The molecule has 0 aromatic heterocycles. The number of hydrazone groups is 1. The van der Waals surface area contributed by atoms with Crippen LogP contribution in [0.15, 0.2) is 53.9 Å². The van der Waals surface area contributed by atoms with E-state index >= 15 is 0 Å². The molecule has 1 atom stereocenters. The molecule has 0 bridgehead atoms. The molecule has 0 aliphatic heterocycles. The third-order valence-corrected chi connectivity index (χ3v) is 5.24. The van der Waals surface area contributed by atoms with Gasteiger partial charge in [0.15, 0.2) is 11.6 Å². The SMILES string of the molecule is C=C(N/N=C(\C)C(C)(C)c1ccc(F)c(F)c1)NC(=O)[C@H](C)NC(=O)Cc1cc(F)cc(F)c1. The summed E-state index contributed by atoms with van der Waals surface area (Å²) in [6.07, 6.45) is -0.311. The van der Waals surface area contributed by atoms with Crippen LogP contribution in [0, 0.1) is 23.3 Å². The van der Waals surface area contributed by atoms with Gasteiger partial charge < -0.3 is 10.6 Å². The van der Waals surface area contributed by atoms with Crippen molar-refractivity contribution in [1.82, 2.24) is 16.1 Å². The fourth-order valence-corrected chi connectivity index (χ4v) is 2.93. The van der Waals surface area contributed by atoms with E-state index in [9.17, 15) is 27.2 Å². The second-order valence-electron chi connectivity index (χ2n) is 8.27. The highest BCUT2D eigenvalue weighted by atomic mass is 19.2. The third kappa shape index (κ3) is 7.16. The number of halogens is 4. The molecule has 0 spiro atoms. The van der Waals surface area contributed by atoms with Crippen molar-refractivity contribution >= 4 is 17.5 Å². The maximum absolute atomic E-state index is 13.6. The quantitative estimate of drug-likeness (QED) is 0.291. The molecular weight excluding hydrogens is 452 g/mol. The van der Waals surface area contributed by atoms with Crippen LogP contribution in [-0.2, 0) is 21.4 Å². The lowest BCUT2D eigenvalue weighted by Gasteiger charge is -2.25. The van der Waals surface area contributed by atoms with Crippen molar-refractivity contribution in [3.05, 3.63) is 83.2 Å². The van der Waals surface area contributed by atoms with E-state index in [2.05, 4.69) is 27.7 Å².